The van der Waals surface area contributed by atoms with E-state index < -0.39 is 24.5 Å². The average Bonchev–Trinajstić information content (AvgIpc) is 2.75. The van der Waals surface area contributed by atoms with Gasteiger partial charge in [0.1, 0.15) is 11.8 Å². The fraction of sp³-hybridized carbons (Fsp3) is 0.400. The molecule has 0 saturated carbocycles. The molecule has 0 fully saturated rings. The van der Waals surface area contributed by atoms with Gasteiger partial charge in [-0.1, -0.05) is 0 Å². The summed E-state index contributed by atoms with van der Waals surface area (Å²) >= 11 is 0. The number of amides is 1. The zero-order chi connectivity index (χ0) is 12.0. The summed E-state index contributed by atoms with van der Waals surface area (Å²) in [4.78, 5) is 21.8. The molecule has 0 spiro atoms. The molecule has 1 aromatic rings. The molecule has 1 heterocycles. The van der Waals surface area contributed by atoms with Crippen molar-refractivity contribution in [3.8, 4) is 0 Å². The lowest BCUT2D eigenvalue weighted by molar-refractivity contribution is -0.142. The number of hydrogen-bond donors (Lipinski definition) is 3. The van der Waals surface area contributed by atoms with Gasteiger partial charge in [0.25, 0.3) is 0 Å². The Kier molecular flexibility index (Phi) is 4.53. The maximum absolute atomic E-state index is 11.3. The zero-order valence-corrected chi connectivity index (χ0v) is 8.55. The van der Waals surface area contributed by atoms with Crippen LogP contribution in [0.3, 0.4) is 0 Å². The highest BCUT2D eigenvalue weighted by Crippen LogP contribution is 2.03. The van der Waals surface area contributed by atoms with Gasteiger partial charge in [0.15, 0.2) is 0 Å². The Balaban J connectivity index is 2.33. The van der Waals surface area contributed by atoms with Crippen molar-refractivity contribution >= 4 is 11.9 Å². The van der Waals surface area contributed by atoms with E-state index in [-0.39, 0.29) is 6.42 Å². The van der Waals surface area contributed by atoms with Crippen LogP contribution in [0.1, 0.15) is 12.2 Å². The lowest BCUT2D eigenvalue weighted by atomic mass is 10.2. The van der Waals surface area contributed by atoms with Crippen molar-refractivity contribution in [2.75, 3.05) is 6.61 Å². The lowest BCUT2D eigenvalue weighted by Crippen LogP contribution is -2.43. The average molecular weight is 227 g/mol. The topological polar surface area (TPSA) is 99.8 Å². The summed E-state index contributed by atoms with van der Waals surface area (Å²) in [6.07, 6.45) is 2.02. The molecule has 0 aliphatic carbocycles. The van der Waals surface area contributed by atoms with Crippen molar-refractivity contribution in [2.24, 2.45) is 0 Å². The summed E-state index contributed by atoms with van der Waals surface area (Å²) in [5.41, 5.74) is 0. The van der Waals surface area contributed by atoms with E-state index >= 15 is 0 Å². The van der Waals surface area contributed by atoms with Gasteiger partial charge < -0.3 is 19.9 Å². The second-order valence-electron chi connectivity index (χ2n) is 3.22. The lowest BCUT2D eigenvalue weighted by Gasteiger charge is -2.10. The third kappa shape index (κ3) is 3.74. The van der Waals surface area contributed by atoms with Crippen molar-refractivity contribution in [1.29, 1.82) is 0 Å². The molecular weight excluding hydrogens is 214 g/mol. The van der Waals surface area contributed by atoms with Crippen molar-refractivity contribution in [3.63, 3.8) is 0 Å². The van der Waals surface area contributed by atoms with Crippen LogP contribution in [-0.4, -0.2) is 34.7 Å². The molecule has 6 nitrogen and oxygen atoms in total. The van der Waals surface area contributed by atoms with E-state index in [1.165, 1.54) is 6.26 Å². The number of hydrogen-bond acceptors (Lipinski definition) is 4. The summed E-state index contributed by atoms with van der Waals surface area (Å²) in [6, 6.07) is 2.19. The van der Waals surface area contributed by atoms with Crippen molar-refractivity contribution in [1.82, 2.24) is 5.32 Å². The van der Waals surface area contributed by atoms with Gasteiger partial charge in [-0.15, -0.1) is 0 Å². The molecule has 0 bridgehead atoms. The molecule has 0 unspecified atom stereocenters. The fourth-order valence-corrected chi connectivity index (χ4v) is 1.14. The molecular formula is C10H13NO5. The van der Waals surface area contributed by atoms with Crippen LogP contribution in [0.5, 0.6) is 0 Å². The van der Waals surface area contributed by atoms with E-state index in [1.807, 2.05) is 0 Å². The van der Waals surface area contributed by atoms with Gasteiger partial charge in [-0.05, 0) is 12.1 Å². The first kappa shape index (κ1) is 12.3. The second-order valence-corrected chi connectivity index (χ2v) is 3.22. The predicted octanol–water partition coefficient (Wildman–Crippen LogP) is -0.226. The largest absolute Gasteiger partial charge is 0.480 e. The van der Waals surface area contributed by atoms with Crippen LogP contribution in [0.15, 0.2) is 22.8 Å². The molecule has 0 aliphatic heterocycles. The molecule has 0 radical (unpaired) electrons. The Morgan fingerprint density at radius 2 is 2.25 bits per heavy atom. The highest BCUT2D eigenvalue weighted by Gasteiger charge is 2.18. The van der Waals surface area contributed by atoms with E-state index in [0.717, 1.165) is 0 Å². The molecule has 0 aromatic carbocycles. The minimum absolute atomic E-state index is 0.122. The highest BCUT2D eigenvalue weighted by atomic mass is 16.4. The van der Waals surface area contributed by atoms with Crippen LogP contribution in [0.2, 0.25) is 0 Å². The molecule has 0 saturated heterocycles. The van der Waals surface area contributed by atoms with Crippen LogP contribution in [0.25, 0.3) is 0 Å². The maximum Gasteiger partial charge on any atom is 0.328 e. The molecule has 16 heavy (non-hydrogen) atoms. The zero-order valence-electron chi connectivity index (χ0n) is 8.55. The number of aliphatic carboxylic acids is 1. The van der Waals surface area contributed by atoms with Gasteiger partial charge in [0, 0.05) is 12.8 Å². The molecule has 1 atom stereocenters. The summed E-state index contributed by atoms with van der Waals surface area (Å²) in [6.45, 7) is -0.623. The van der Waals surface area contributed by atoms with Crippen LogP contribution in [0.4, 0.5) is 0 Å². The number of aliphatic hydroxyl groups is 1. The van der Waals surface area contributed by atoms with Gasteiger partial charge >= 0.3 is 5.97 Å². The van der Waals surface area contributed by atoms with Crippen LogP contribution in [-0.2, 0) is 16.0 Å². The smallest absolute Gasteiger partial charge is 0.328 e. The molecule has 3 N–H and O–H groups in total. The fourth-order valence-electron chi connectivity index (χ4n) is 1.14. The van der Waals surface area contributed by atoms with Gasteiger partial charge in [0.2, 0.25) is 5.91 Å². The minimum atomic E-state index is -1.26. The highest BCUT2D eigenvalue weighted by molar-refractivity contribution is 5.83. The van der Waals surface area contributed by atoms with E-state index in [1.54, 1.807) is 12.1 Å². The third-order valence-electron chi connectivity index (χ3n) is 1.99. The number of carboxylic acids is 1. The summed E-state index contributed by atoms with van der Waals surface area (Å²) in [5.74, 6) is -1.03. The van der Waals surface area contributed by atoms with Crippen molar-refractivity contribution in [2.45, 2.75) is 18.9 Å². The van der Waals surface area contributed by atoms with Crippen LogP contribution < -0.4 is 5.32 Å². The van der Waals surface area contributed by atoms with E-state index in [0.29, 0.717) is 12.2 Å². The van der Waals surface area contributed by atoms with Crippen LogP contribution in [0, 0.1) is 0 Å². The normalized spacial score (nSPS) is 12.1. The molecule has 6 heteroatoms. The predicted molar refractivity (Wildman–Crippen MR) is 53.7 cm³/mol. The van der Waals surface area contributed by atoms with Gasteiger partial charge in [-0.3, -0.25) is 4.79 Å². The third-order valence-corrected chi connectivity index (χ3v) is 1.99. The van der Waals surface area contributed by atoms with Crippen LogP contribution >= 0.6 is 0 Å². The first-order valence-corrected chi connectivity index (χ1v) is 4.79. The first-order valence-electron chi connectivity index (χ1n) is 4.79. The number of carbonyl (C=O) groups excluding carboxylic acids is 1. The Hall–Kier alpha value is -1.82. The van der Waals surface area contributed by atoms with Gasteiger partial charge in [0.05, 0.1) is 12.9 Å². The summed E-state index contributed by atoms with van der Waals surface area (Å²) in [7, 11) is 0. The monoisotopic (exact) mass is 227 g/mol. The summed E-state index contributed by atoms with van der Waals surface area (Å²) in [5, 5.41) is 19.5. The number of furan rings is 1. The van der Waals surface area contributed by atoms with E-state index in [4.69, 9.17) is 14.6 Å². The summed E-state index contributed by atoms with van der Waals surface area (Å²) < 4.78 is 5.02. The SMILES string of the molecule is O=C(CCc1ccco1)N[C@H](CO)C(=O)O. The van der Waals surface area contributed by atoms with E-state index in [9.17, 15) is 9.59 Å². The minimum Gasteiger partial charge on any atom is -0.480 e. The Morgan fingerprint density at radius 3 is 2.75 bits per heavy atom. The first-order chi connectivity index (χ1) is 7.63. The number of aryl methyl sites for hydroxylation is 1. The standard InChI is InChI=1S/C10H13NO5/c12-6-8(10(14)15)11-9(13)4-3-7-2-1-5-16-7/h1-2,5,8,12H,3-4,6H2,(H,11,13)(H,14,15)/t8-/m1/s1. The number of aliphatic hydroxyl groups excluding tert-OH is 1. The number of carbonyl (C=O) groups is 2. The Bertz CT molecular complexity index is 346. The Morgan fingerprint density at radius 1 is 1.50 bits per heavy atom. The van der Waals surface area contributed by atoms with E-state index in [2.05, 4.69) is 5.32 Å². The molecule has 1 rings (SSSR count). The molecule has 88 valence electrons. The Labute approximate surface area is 91.9 Å². The maximum atomic E-state index is 11.3. The molecule has 0 aliphatic rings. The number of carboxylic acid groups (broad SMARTS) is 1. The number of nitrogens with one attached hydrogen (secondary N) is 1. The van der Waals surface area contributed by atoms with Gasteiger partial charge in [-0.25, -0.2) is 4.79 Å². The molecule has 1 amide bonds. The second kappa shape index (κ2) is 5.92. The molecule has 1 aromatic heterocycles. The quantitative estimate of drug-likeness (QED) is 0.623. The number of rotatable bonds is 6. The van der Waals surface area contributed by atoms with Crippen molar-refractivity contribution in [3.05, 3.63) is 24.2 Å². The van der Waals surface area contributed by atoms with Crippen molar-refractivity contribution < 1.29 is 24.2 Å². The van der Waals surface area contributed by atoms with Gasteiger partial charge in [-0.2, -0.15) is 0 Å².